The number of benzene rings is 1. The van der Waals surface area contributed by atoms with Crippen LogP contribution in [-0.4, -0.2) is 45.2 Å². The van der Waals surface area contributed by atoms with Crippen LogP contribution in [0.2, 0.25) is 0 Å². The number of piperazine rings is 1. The van der Waals surface area contributed by atoms with E-state index in [2.05, 4.69) is 16.3 Å². The minimum absolute atomic E-state index is 0.277. The van der Waals surface area contributed by atoms with Crippen molar-refractivity contribution in [2.75, 3.05) is 31.9 Å². The van der Waals surface area contributed by atoms with Crippen molar-refractivity contribution >= 4 is 9.84 Å². The predicted molar refractivity (Wildman–Crippen MR) is 70.3 cm³/mol. The summed E-state index contributed by atoms with van der Waals surface area (Å²) in [5, 5.41) is 3.32. The van der Waals surface area contributed by atoms with Crippen molar-refractivity contribution in [3.8, 4) is 0 Å². The zero-order valence-corrected chi connectivity index (χ0v) is 11.2. The first-order valence-electron chi connectivity index (χ1n) is 6.43. The van der Waals surface area contributed by atoms with Gasteiger partial charge in [0.15, 0.2) is 9.84 Å². The van der Waals surface area contributed by atoms with E-state index in [0.29, 0.717) is 11.3 Å². The Bertz CT molecular complexity index is 548. The Morgan fingerprint density at radius 3 is 2.78 bits per heavy atom. The molecule has 5 heteroatoms. The van der Waals surface area contributed by atoms with E-state index in [4.69, 9.17) is 0 Å². The summed E-state index contributed by atoms with van der Waals surface area (Å²) >= 11 is 0. The highest BCUT2D eigenvalue weighted by Gasteiger charge is 2.26. The predicted octanol–water partition coefficient (Wildman–Crippen LogP) is 0.422. The van der Waals surface area contributed by atoms with Crippen LogP contribution in [0.4, 0.5) is 0 Å². The second kappa shape index (κ2) is 4.64. The molecule has 1 aromatic rings. The number of rotatable bonds is 2. The number of hydrogen-bond donors (Lipinski definition) is 1. The molecule has 1 saturated heterocycles. The number of sulfone groups is 1. The molecule has 0 aromatic heterocycles. The highest BCUT2D eigenvalue weighted by atomic mass is 32.2. The Balaban J connectivity index is 1.82. The zero-order valence-electron chi connectivity index (χ0n) is 10.4. The minimum Gasteiger partial charge on any atom is -0.314 e. The van der Waals surface area contributed by atoms with Crippen molar-refractivity contribution in [3.63, 3.8) is 0 Å². The van der Waals surface area contributed by atoms with Gasteiger partial charge in [0.2, 0.25) is 0 Å². The summed E-state index contributed by atoms with van der Waals surface area (Å²) in [6, 6.07) is 5.93. The van der Waals surface area contributed by atoms with Crippen molar-refractivity contribution in [1.82, 2.24) is 10.2 Å². The van der Waals surface area contributed by atoms with Crippen molar-refractivity contribution < 1.29 is 8.42 Å². The van der Waals surface area contributed by atoms with Gasteiger partial charge in [-0.25, -0.2) is 8.42 Å². The molecule has 2 heterocycles. The van der Waals surface area contributed by atoms with Gasteiger partial charge in [0.1, 0.15) is 0 Å². The van der Waals surface area contributed by atoms with Crippen LogP contribution in [0.15, 0.2) is 23.1 Å². The molecule has 0 bridgehead atoms. The van der Waals surface area contributed by atoms with E-state index in [-0.39, 0.29) is 5.75 Å². The van der Waals surface area contributed by atoms with E-state index in [1.165, 1.54) is 0 Å². The Labute approximate surface area is 108 Å². The first-order chi connectivity index (χ1) is 8.65. The number of nitrogens with zero attached hydrogens (tertiary/aromatic N) is 1. The van der Waals surface area contributed by atoms with Gasteiger partial charge < -0.3 is 5.32 Å². The van der Waals surface area contributed by atoms with Crippen LogP contribution in [0.1, 0.15) is 11.1 Å². The van der Waals surface area contributed by atoms with Gasteiger partial charge >= 0.3 is 0 Å². The third-order valence-corrected chi connectivity index (χ3v) is 5.51. The lowest BCUT2D eigenvalue weighted by Gasteiger charge is -2.27. The highest BCUT2D eigenvalue weighted by molar-refractivity contribution is 7.91. The monoisotopic (exact) mass is 266 g/mol. The minimum atomic E-state index is -3.00. The summed E-state index contributed by atoms with van der Waals surface area (Å²) in [4.78, 5) is 2.93. The number of fused-ring (bicyclic) bond motifs is 1. The van der Waals surface area contributed by atoms with Crippen molar-refractivity contribution in [3.05, 3.63) is 29.3 Å². The molecule has 18 heavy (non-hydrogen) atoms. The van der Waals surface area contributed by atoms with Crippen LogP contribution in [-0.2, 0) is 22.8 Å². The topological polar surface area (TPSA) is 49.4 Å². The van der Waals surface area contributed by atoms with Gasteiger partial charge in [0.05, 0.1) is 10.6 Å². The number of aryl methyl sites for hydroxylation is 1. The average Bonchev–Trinajstić information content (AvgIpc) is 2.67. The molecule has 0 amide bonds. The second-order valence-corrected chi connectivity index (χ2v) is 7.11. The largest absolute Gasteiger partial charge is 0.314 e. The molecule has 0 atom stereocenters. The van der Waals surface area contributed by atoms with Crippen molar-refractivity contribution in [2.45, 2.75) is 17.9 Å². The lowest BCUT2D eigenvalue weighted by atomic mass is 10.1. The van der Waals surface area contributed by atoms with E-state index < -0.39 is 9.84 Å². The van der Waals surface area contributed by atoms with E-state index in [0.717, 1.165) is 43.9 Å². The summed E-state index contributed by atoms with van der Waals surface area (Å²) in [6.45, 7) is 4.95. The lowest BCUT2D eigenvalue weighted by Crippen LogP contribution is -2.42. The molecular formula is C13H18N2O2S. The molecule has 0 unspecified atom stereocenters. The van der Waals surface area contributed by atoms with E-state index in [1.807, 2.05) is 12.1 Å². The number of hydrogen-bond acceptors (Lipinski definition) is 4. The first-order valence-corrected chi connectivity index (χ1v) is 8.08. The molecule has 1 fully saturated rings. The average molecular weight is 266 g/mol. The van der Waals surface area contributed by atoms with E-state index >= 15 is 0 Å². The molecule has 0 saturated carbocycles. The van der Waals surface area contributed by atoms with Crippen LogP contribution in [0.25, 0.3) is 0 Å². The standard InChI is InChI=1S/C13H18N2O2S/c16-18(17)8-3-12-2-1-11(9-13(12)18)10-15-6-4-14-5-7-15/h1-2,9,14H,3-8,10H2. The molecule has 2 aliphatic rings. The summed E-state index contributed by atoms with van der Waals surface area (Å²) in [7, 11) is -3.00. The first kappa shape index (κ1) is 12.1. The van der Waals surface area contributed by atoms with Crippen LogP contribution >= 0.6 is 0 Å². The quantitative estimate of drug-likeness (QED) is 0.843. The van der Waals surface area contributed by atoms with Gasteiger partial charge in [0, 0.05) is 32.7 Å². The third kappa shape index (κ3) is 2.30. The number of nitrogens with one attached hydrogen (secondary N) is 1. The van der Waals surface area contributed by atoms with Gasteiger partial charge in [0.25, 0.3) is 0 Å². The summed E-state index contributed by atoms with van der Waals surface area (Å²) in [6.07, 6.45) is 0.672. The van der Waals surface area contributed by atoms with E-state index in [1.54, 1.807) is 0 Å². The van der Waals surface area contributed by atoms with Gasteiger partial charge in [-0.2, -0.15) is 0 Å². The fraction of sp³-hybridized carbons (Fsp3) is 0.538. The van der Waals surface area contributed by atoms with Crippen LogP contribution < -0.4 is 5.32 Å². The lowest BCUT2D eigenvalue weighted by molar-refractivity contribution is 0.233. The Morgan fingerprint density at radius 2 is 2.00 bits per heavy atom. The highest BCUT2D eigenvalue weighted by Crippen LogP contribution is 2.27. The molecule has 98 valence electrons. The van der Waals surface area contributed by atoms with Gasteiger partial charge in [-0.3, -0.25) is 4.90 Å². The summed E-state index contributed by atoms with van der Waals surface area (Å²) in [5.41, 5.74) is 2.10. The van der Waals surface area contributed by atoms with Crippen LogP contribution in [0.5, 0.6) is 0 Å². The van der Waals surface area contributed by atoms with Crippen LogP contribution in [0, 0.1) is 0 Å². The third-order valence-electron chi connectivity index (χ3n) is 3.72. The maximum atomic E-state index is 11.9. The molecular weight excluding hydrogens is 248 g/mol. The molecule has 4 nitrogen and oxygen atoms in total. The molecule has 0 spiro atoms. The normalized spacial score (nSPS) is 22.9. The SMILES string of the molecule is O=S1(=O)CCc2ccc(CN3CCNCC3)cc21. The molecule has 3 rings (SSSR count). The maximum absolute atomic E-state index is 11.9. The Morgan fingerprint density at radius 1 is 1.22 bits per heavy atom. The fourth-order valence-electron chi connectivity index (χ4n) is 2.68. The van der Waals surface area contributed by atoms with Gasteiger partial charge in [-0.1, -0.05) is 12.1 Å². The Kier molecular flexibility index (Phi) is 3.13. The zero-order chi connectivity index (χ0) is 12.6. The summed E-state index contributed by atoms with van der Waals surface area (Å²) in [5.74, 6) is 0.277. The van der Waals surface area contributed by atoms with Crippen molar-refractivity contribution in [2.24, 2.45) is 0 Å². The van der Waals surface area contributed by atoms with E-state index in [9.17, 15) is 8.42 Å². The molecule has 0 radical (unpaired) electrons. The van der Waals surface area contributed by atoms with Crippen LogP contribution in [0.3, 0.4) is 0 Å². The Hall–Kier alpha value is -0.910. The van der Waals surface area contributed by atoms with Gasteiger partial charge in [-0.05, 0) is 23.6 Å². The maximum Gasteiger partial charge on any atom is 0.178 e. The second-order valence-electron chi connectivity index (χ2n) is 5.04. The smallest absolute Gasteiger partial charge is 0.178 e. The fourth-order valence-corrected chi connectivity index (χ4v) is 4.28. The molecule has 1 aromatic carbocycles. The molecule has 2 aliphatic heterocycles. The van der Waals surface area contributed by atoms with Crippen molar-refractivity contribution in [1.29, 1.82) is 0 Å². The molecule has 0 aliphatic carbocycles. The summed E-state index contributed by atoms with van der Waals surface area (Å²) < 4.78 is 23.7. The van der Waals surface area contributed by atoms with Gasteiger partial charge in [-0.15, -0.1) is 0 Å². The molecule has 1 N–H and O–H groups in total.